The molecule has 1 aromatic rings. The molecule has 0 amide bonds. The number of rotatable bonds is 5. The van der Waals surface area contributed by atoms with Crippen molar-refractivity contribution in [2.45, 2.75) is 63.5 Å². The summed E-state index contributed by atoms with van der Waals surface area (Å²) in [6, 6.07) is 8.54. The van der Waals surface area contributed by atoms with Crippen molar-refractivity contribution in [2.24, 2.45) is 17.1 Å². The third kappa shape index (κ3) is 4.64. The Morgan fingerprint density at radius 2 is 1.90 bits per heavy atom. The Bertz CT molecular complexity index is 443. The van der Waals surface area contributed by atoms with Gasteiger partial charge in [-0.15, -0.1) is 0 Å². The van der Waals surface area contributed by atoms with Gasteiger partial charge in [0.2, 0.25) is 0 Å². The minimum absolute atomic E-state index is 0.353. The molecule has 0 bridgehead atoms. The fourth-order valence-corrected chi connectivity index (χ4v) is 4.60. The van der Waals surface area contributed by atoms with E-state index in [1.54, 1.807) is 0 Å². The Labute approximate surface area is 139 Å². The summed E-state index contributed by atoms with van der Waals surface area (Å²) in [7, 11) is 0. The van der Waals surface area contributed by atoms with Crippen LogP contribution in [0.15, 0.2) is 24.3 Å². The van der Waals surface area contributed by atoms with Crippen LogP contribution in [0.4, 0.5) is 0 Å². The van der Waals surface area contributed by atoms with E-state index in [0.29, 0.717) is 16.7 Å². The van der Waals surface area contributed by atoms with Crippen molar-refractivity contribution in [3.05, 3.63) is 34.9 Å². The molecule has 1 aliphatic carbocycles. The molecule has 2 N–H and O–H groups in total. The van der Waals surface area contributed by atoms with Crippen molar-refractivity contribution in [1.29, 1.82) is 0 Å². The van der Waals surface area contributed by atoms with Crippen LogP contribution in [0.5, 0.6) is 0 Å². The Kier molecular flexibility index (Phi) is 6.05. The largest absolute Gasteiger partial charge is 0.327 e. The van der Waals surface area contributed by atoms with Crippen molar-refractivity contribution in [2.75, 3.05) is 0 Å². The summed E-state index contributed by atoms with van der Waals surface area (Å²) in [4.78, 5) is 0. The summed E-state index contributed by atoms with van der Waals surface area (Å²) in [5, 5.41) is 1.40. The summed E-state index contributed by atoms with van der Waals surface area (Å²) in [6.07, 6.45) is 4.98. The Morgan fingerprint density at radius 1 is 1.24 bits per heavy atom. The van der Waals surface area contributed by atoms with E-state index in [0.717, 1.165) is 16.7 Å². The standard InChI is InChI=1S/C18H28ClNS/c1-4-18(2,3)14-7-10-16(20)17(11-14)21-12-13-5-8-15(19)9-6-13/h5-6,8-9,14,16-17H,4,7,10-12,20H2,1-3H3. The van der Waals surface area contributed by atoms with Crippen molar-refractivity contribution in [3.63, 3.8) is 0 Å². The summed E-state index contributed by atoms with van der Waals surface area (Å²) in [5.74, 6) is 1.85. The molecular formula is C18H28ClNS. The first-order chi connectivity index (χ1) is 9.92. The van der Waals surface area contributed by atoms with E-state index in [1.807, 2.05) is 23.9 Å². The minimum atomic E-state index is 0.353. The average molecular weight is 326 g/mol. The van der Waals surface area contributed by atoms with Gasteiger partial charge in [0.05, 0.1) is 0 Å². The van der Waals surface area contributed by atoms with E-state index >= 15 is 0 Å². The molecule has 0 heterocycles. The highest BCUT2D eigenvalue weighted by atomic mass is 35.5. The first-order valence-corrected chi connectivity index (χ1v) is 9.46. The summed E-state index contributed by atoms with van der Waals surface area (Å²) in [6.45, 7) is 7.13. The smallest absolute Gasteiger partial charge is 0.0406 e. The highest BCUT2D eigenvalue weighted by Crippen LogP contribution is 2.43. The lowest BCUT2D eigenvalue weighted by Crippen LogP contribution is -2.42. The van der Waals surface area contributed by atoms with Gasteiger partial charge in [0, 0.05) is 22.1 Å². The van der Waals surface area contributed by atoms with Gasteiger partial charge in [0.25, 0.3) is 0 Å². The maximum atomic E-state index is 6.37. The van der Waals surface area contributed by atoms with Crippen molar-refractivity contribution < 1.29 is 0 Å². The molecule has 2 rings (SSSR count). The SMILES string of the molecule is CCC(C)(C)C1CCC(N)C(SCc2ccc(Cl)cc2)C1. The minimum Gasteiger partial charge on any atom is -0.327 e. The first kappa shape index (κ1) is 17.2. The molecule has 0 saturated heterocycles. The number of hydrogen-bond donors (Lipinski definition) is 1. The van der Waals surface area contributed by atoms with E-state index in [1.165, 1.54) is 31.2 Å². The Morgan fingerprint density at radius 3 is 2.52 bits per heavy atom. The van der Waals surface area contributed by atoms with Crippen molar-refractivity contribution in [3.8, 4) is 0 Å². The maximum Gasteiger partial charge on any atom is 0.0406 e. The second-order valence-corrected chi connectivity index (χ2v) is 8.66. The molecule has 0 aromatic heterocycles. The fourth-order valence-electron chi connectivity index (χ4n) is 3.13. The number of thioether (sulfide) groups is 1. The topological polar surface area (TPSA) is 26.0 Å². The highest BCUT2D eigenvalue weighted by molar-refractivity contribution is 7.99. The lowest BCUT2D eigenvalue weighted by molar-refractivity contribution is 0.148. The molecule has 0 spiro atoms. The molecule has 1 aliphatic rings. The Balaban J connectivity index is 1.93. The van der Waals surface area contributed by atoms with Crippen molar-refractivity contribution in [1.82, 2.24) is 0 Å². The van der Waals surface area contributed by atoms with Crippen LogP contribution in [-0.2, 0) is 5.75 Å². The van der Waals surface area contributed by atoms with Crippen LogP contribution in [0.2, 0.25) is 5.02 Å². The van der Waals surface area contributed by atoms with E-state index < -0.39 is 0 Å². The summed E-state index contributed by atoms with van der Waals surface area (Å²) >= 11 is 7.97. The zero-order chi connectivity index (χ0) is 15.5. The van der Waals surface area contributed by atoms with E-state index in [2.05, 4.69) is 32.9 Å². The van der Waals surface area contributed by atoms with Gasteiger partial charge in [-0.3, -0.25) is 0 Å². The third-order valence-corrected chi connectivity index (χ3v) is 6.96. The molecule has 3 unspecified atom stereocenters. The lowest BCUT2D eigenvalue weighted by Gasteiger charge is -2.42. The molecule has 0 aliphatic heterocycles. The predicted molar refractivity (Wildman–Crippen MR) is 95.9 cm³/mol. The number of halogens is 1. The summed E-state index contributed by atoms with van der Waals surface area (Å²) in [5.41, 5.74) is 8.16. The summed E-state index contributed by atoms with van der Waals surface area (Å²) < 4.78 is 0. The van der Waals surface area contributed by atoms with Crippen LogP contribution in [-0.4, -0.2) is 11.3 Å². The zero-order valence-electron chi connectivity index (χ0n) is 13.4. The molecule has 1 aromatic carbocycles. The van der Waals surface area contributed by atoms with Crippen LogP contribution < -0.4 is 5.73 Å². The average Bonchev–Trinajstić information content (AvgIpc) is 2.48. The second kappa shape index (κ2) is 7.39. The number of hydrogen-bond acceptors (Lipinski definition) is 2. The van der Waals surface area contributed by atoms with Gasteiger partial charge in [-0.2, -0.15) is 11.8 Å². The van der Waals surface area contributed by atoms with Crippen LogP contribution in [0.25, 0.3) is 0 Å². The normalized spacial score (nSPS) is 26.8. The molecule has 0 radical (unpaired) electrons. The fraction of sp³-hybridized carbons (Fsp3) is 0.667. The molecule has 3 heteroatoms. The van der Waals surface area contributed by atoms with Gasteiger partial charge < -0.3 is 5.73 Å². The molecule has 21 heavy (non-hydrogen) atoms. The number of benzene rings is 1. The molecular weight excluding hydrogens is 298 g/mol. The molecule has 1 fully saturated rings. The van der Waals surface area contributed by atoms with Gasteiger partial charge in [0.1, 0.15) is 0 Å². The quantitative estimate of drug-likeness (QED) is 0.773. The van der Waals surface area contributed by atoms with Gasteiger partial charge in [-0.25, -0.2) is 0 Å². The van der Waals surface area contributed by atoms with Crippen LogP contribution in [0.3, 0.4) is 0 Å². The van der Waals surface area contributed by atoms with Gasteiger partial charge >= 0.3 is 0 Å². The molecule has 3 atom stereocenters. The predicted octanol–water partition coefficient (Wildman–Crippen LogP) is 5.51. The van der Waals surface area contributed by atoms with Crippen LogP contribution in [0, 0.1) is 11.3 Å². The van der Waals surface area contributed by atoms with Crippen LogP contribution >= 0.6 is 23.4 Å². The third-order valence-electron chi connectivity index (χ3n) is 5.24. The van der Waals surface area contributed by atoms with Crippen LogP contribution in [0.1, 0.15) is 52.0 Å². The van der Waals surface area contributed by atoms with E-state index in [-0.39, 0.29) is 0 Å². The molecule has 118 valence electrons. The van der Waals surface area contributed by atoms with Crippen molar-refractivity contribution >= 4 is 23.4 Å². The highest BCUT2D eigenvalue weighted by Gasteiger charge is 2.35. The van der Waals surface area contributed by atoms with E-state index in [9.17, 15) is 0 Å². The second-order valence-electron chi connectivity index (χ2n) is 6.99. The molecule has 1 nitrogen and oxygen atoms in total. The first-order valence-electron chi connectivity index (χ1n) is 8.04. The van der Waals surface area contributed by atoms with Gasteiger partial charge in [-0.05, 0) is 48.3 Å². The lowest BCUT2D eigenvalue weighted by atomic mass is 9.69. The number of nitrogens with two attached hydrogens (primary N) is 1. The molecule has 1 saturated carbocycles. The van der Waals surface area contributed by atoms with Gasteiger partial charge in [0.15, 0.2) is 0 Å². The zero-order valence-corrected chi connectivity index (χ0v) is 15.0. The maximum absolute atomic E-state index is 6.37. The van der Waals surface area contributed by atoms with Gasteiger partial charge in [-0.1, -0.05) is 50.9 Å². The Hall–Kier alpha value is -0.180. The monoisotopic (exact) mass is 325 g/mol. The van der Waals surface area contributed by atoms with E-state index in [4.69, 9.17) is 17.3 Å².